The molecular weight excluding hydrogens is 418 g/mol. The quantitative estimate of drug-likeness (QED) is 0.390. The summed E-state index contributed by atoms with van der Waals surface area (Å²) < 4.78 is 10.9. The number of ether oxygens (including phenoxy) is 2. The number of benzene rings is 2. The minimum absolute atomic E-state index is 0.0218. The van der Waals surface area contributed by atoms with Crippen molar-refractivity contribution in [2.45, 2.75) is 18.4 Å². The molecule has 31 heavy (non-hydrogen) atoms. The molecule has 0 saturated carbocycles. The molecule has 158 valence electrons. The van der Waals surface area contributed by atoms with E-state index in [0.29, 0.717) is 5.57 Å². The summed E-state index contributed by atoms with van der Waals surface area (Å²) in [4.78, 5) is 49.9. The first-order valence-corrected chi connectivity index (χ1v) is 10.7. The highest BCUT2D eigenvalue weighted by Gasteiger charge is 2.53. The lowest BCUT2D eigenvalue weighted by Crippen LogP contribution is -2.62. The summed E-state index contributed by atoms with van der Waals surface area (Å²) in [5.74, 6) is -2.29. The van der Waals surface area contributed by atoms with Crippen LogP contribution in [0.3, 0.4) is 0 Å². The van der Waals surface area contributed by atoms with Crippen LogP contribution in [0.15, 0.2) is 71.9 Å². The van der Waals surface area contributed by atoms with Gasteiger partial charge in [-0.05, 0) is 11.1 Å². The van der Waals surface area contributed by atoms with Crippen LogP contribution in [-0.4, -0.2) is 46.3 Å². The molecule has 4 rings (SSSR count). The molecule has 2 aliphatic heterocycles. The Kier molecular flexibility index (Phi) is 5.90. The second-order valence-electron chi connectivity index (χ2n) is 7.04. The van der Waals surface area contributed by atoms with Gasteiger partial charge >= 0.3 is 11.9 Å². The van der Waals surface area contributed by atoms with E-state index in [1.807, 2.05) is 60.7 Å². The van der Waals surface area contributed by atoms with Gasteiger partial charge in [-0.15, -0.1) is 11.8 Å². The number of nitrogens with zero attached hydrogens (tertiary/aromatic N) is 1. The third kappa shape index (κ3) is 4.11. The van der Waals surface area contributed by atoms with Gasteiger partial charge in [0.1, 0.15) is 12.3 Å². The monoisotopic (exact) mass is 437 g/mol. The molecule has 0 N–H and O–H groups in total. The number of amides is 1. The third-order valence-corrected chi connectivity index (χ3v) is 6.21. The van der Waals surface area contributed by atoms with Crippen molar-refractivity contribution in [2.75, 3.05) is 12.4 Å². The van der Waals surface area contributed by atoms with E-state index in [-0.39, 0.29) is 18.1 Å². The summed E-state index contributed by atoms with van der Waals surface area (Å²) in [6.07, 6.45) is -0.711. The first kappa shape index (κ1) is 20.9. The van der Waals surface area contributed by atoms with Gasteiger partial charge < -0.3 is 9.47 Å². The van der Waals surface area contributed by atoms with Crippen molar-refractivity contribution >= 4 is 35.4 Å². The fourth-order valence-corrected chi connectivity index (χ4v) is 4.64. The lowest BCUT2D eigenvalue weighted by Gasteiger charge is -2.42. The van der Waals surface area contributed by atoms with Crippen LogP contribution in [-0.2, 0) is 28.7 Å². The number of Topliss-reactive ketones (excluding diaryl/α,β-unsaturated/α-hetero) is 1. The zero-order valence-electron chi connectivity index (χ0n) is 16.6. The molecule has 2 aromatic rings. The highest BCUT2D eigenvalue weighted by Crippen LogP contribution is 2.39. The molecule has 1 fully saturated rings. The summed E-state index contributed by atoms with van der Waals surface area (Å²) in [7, 11) is 0. The molecule has 0 aromatic heterocycles. The van der Waals surface area contributed by atoms with Gasteiger partial charge in [0.2, 0.25) is 0 Å². The SMILES string of the molecule is CC(=O)OCC1=C(C(=O)OC(c2ccccc2)c2ccccc2)N2C(=O)C(=O)[C@H]2SC1. The van der Waals surface area contributed by atoms with Crippen LogP contribution in [0.4, 0.5) is 0 Å². The van der Waals surface area contributed by atoms with Gasteiger partial charge in [-0.2, -0.15) is 0 Å². The van der Waals surface area contributed by atoms with Crippen molar-refractivity contribution in [1.29, 1.82) is 0 Å². The molecule has 7 nitrogen and oxygen atoms in total. The van der Waals surface area contributed by atoms with Crippen molar-refractivity contribution in [3.05, 3.63) is 83.1 Å². The lowest BCUT2D eigenvalue weighted by molar-refractivity contribution is -0.159. The second kappa shape index (κ2) is 8.77. The zero-order valence-corrected chi connectivity index (χ0v) is 17.5. The molecule has 1 atom stereocenters. The van der Waals surface area contributed by atoms with E-state index in [2.05, 4.69) is 0 Å². The lowest BCUT2D eigenvalue weighted by atomic mass is 10.0. The number of carbonyl (C=O) groups is 4. The minimum atomic E-state index is -0.763. The second-order valence-corrected chi connectivity index (χ2v) is 8.11. The Labute approximate surface area is 183 Å². The van der Waals surface area contributed by atoms with E-state index >= 15 is 0 Å². The zero-order chi connectivity index (χ0) is 22.0. The first-order valence-electron chi connectivity index (χ1n) is 9.62. The Balaban J connectivity index is 1.69. The van der Waals surface area contributed by atoms with Gasteiger partial charge in [0.05, 0.1) is 0 Å². The van der Waals surface area contributed by atoms with Crippen molar-refractivity contribution in [3.63, 3.8) is 0 Å². The Morgan fingerprint density at radius 3 is 2.16 bits per heavy atom. The number of hydrogen-bond donors (Lipinski definition) is 0. The Bertz CT molecular complexity index is 1030. The fourth-order valence-electron chi connectivity index (χ4n) is 3.46. The fraction of sp³-hybridized carbons (Fsp3) is 0.217. The van der Waals surface area contributed by atoms with Crippen molar-refractivity contribution < 1.29 is 28.7 Å². The number of rotatable bonds is 6. The molecular formula is C23H19NO6S. The van der Waals surface area contributed by atoms with Crippen LogP contribution in [0.5, 0.6) is 0 Å². The molecule has 0 radical (unpaired) electrons. The van der Waals surface area contributed by atoms with Gasteiger partial charge in [0, 0.05) is 18.2 Å². The molecule has 2 heterocycles. The Morgan fingerprint density at radius 2 is 1.61 bits per heavy atom. The summed E-state index contributed by atoms with van der Waals surface area (Å²) >= 11 is 1.22. The van der Waals surface area contributed by atoms with Crippen LogP contribution in [0.25, 0.3) is 0 Å². The van der Waals surface area contributed by atoms with Gasteiger partial charge in [0.15, 0.2) is 11.5 Å². The maximum Gasteiger partial charge on any atom is 0.356 e. The van der Waals surface area contributed by atoms with E-state index in [4.69, 9.17) is 9.47 Å². The predicted molar refractivity (Wildman–Crippen MR) is 113 cm³/mol. The number of carbonyl (C=O) groups excluding carboxylic acids is 4. The number of thioether (sulfide) groups is 1. The number of ketones is 1. The van der Waals surface area contributed by atoms with E-state index < -0.39 is 35.1 Å². The first-order chi connectivity index (χ1) is 15.0. The highest BCUT2D eigenvalue weighted by atomic mass is 32.2. The molecule has 0 aliphatic carbocycles. The minimum Gasteiger partial charge on any atom is -0.461 e. The normalized spacial score (nSPS) is 17.9. The van der Waals surface area contributed by atoms with Gasteiger partial charge in [-0.25, -0.2) is 4.79 Å². The van der Waals surface area contributed by atoms with Crippen LogP contribution < -0.4 is 0 Å². The number of esters is 2. The van der Waals surface area contributed by atoms with Gasteiger partial charge in [-0.1, -0.05) is 60.7 Å². The maximum absolute atomic E-state index is 13.3. The molecule has 0 unspecified atom stereocenters. The maximum atomic E-state index is 13.3. The molecule has 2 aromatic carbocycles. The molecule has 0 spiro atoms. The van der Waals surface area contributed by atoms with Crippen molar-refractivity contribution in [1.82, 2.24) is 4.90 Å². The largest absolute Gasteiger partial charge is 0.461 e. The van der Waals surface area contributed by atoms with Crippen LogP contribution in [0.1, 0.15) is 24.2 Å². The molecule has 2 aliphatic rings. The van der Waals surface area contributed by atoms with Gasteiger partial charge in [0.25, 0.3) is 11.7 Å². The van der Waals surface area contributed by atoms with Crippen molar-refractivity contribution in [2.24, 2.45) is 0 Å². The van der Waals surface area contributed by atoms with E-state index in [9.17, 15) is 19.2 Å². The van der Waals surface area contributed by atoms with Gasteiger partial charge in [-0.3, -0.25) is 19.3 Å². The smallest absolute Gasteiger partial charge is 0.356 e. The number of fused-ring (bicyclic) bond motifs is 1. The molecule has 8 heteroatoms. The summed E-state index contributed by atoms with van der Waals surface area (Å²) in [5, 5.41) is -0.747. The Morgan fingerprint density at radius 1 is 1.03 bits per heavy atom. The highest BCUT2D eigenvalue weighted by molar-refractivity contribution is 8.01. The summed E-state index contributed by atoms with van der Waals surface area (Å²) in [6.45, 7) is 1.11. The number of β-lactam (4-membered cyclic amide) rings is 1. The van der Waals surface area contributed by atoms with E-state index in [0.717, 1.165) is 16.0 Å². The van der Waals surface area contributed by atoms with Crippen LogP contribution in [0.2, 0.25) is 0 Å². The molecule has 1 saturated heterocycles. The standard InChI is InChI=1S/C23H19NO6S/c1-14(25)29-12-17-13-31-22-19(26)21(27)24(22)18(17)23(28)30-20(15-8-4-2-5-9-15)16-10-6-3-7-11-16/h2-11,20,22H,12-13H2,1H3/t22-/m1/s1. The van der Waals surface area contributed by atoms with E-state index in [1.54, 1.807) is 0 Å². The third-order valence-electron chi connectivity index (χ3n) is 4.95. The average Bonchev–Trinajstić information content (AvgIpc) is 2.80. The summed E-state index contributed by atoms with van der Waals surface area (Å²) in [5.41, 5.74) is 1.93. The molecule has 0 bridgehead atoms. The predicted octanol–water partition coefficient (Wildman–Crippen LogP) is 2.62. The Hall–Kier alpha value is -3.39. The topological polar surface area (TPSA) is 90.0 Å². The van der Waals surface area contributed by atoms with E-state index in [1.165, 1.54) is 18.7 Å². The van der Waals surface area contributed by atoms with Crippen LogP contribution in [0, 0.1) is 0 Å². The molecule has 1 amide bonds. The average molecular weight is 437 g/mol. The van der Waals surface area contributed by atoms with Crippen molar-refractivity contribution in [3.8, 4) is 0 Å². The van der Waals surface area contributed by atoms with Crippen LogP contribution >= 0.6 is 11.8 Å². The summed E-state index contributed by atoms with van der Waals surface area (Å²) in [6, 6.07) is 18.5. The number of hydrogen-bond acceptors (Lipinski definition) is 7.